The Morgan fingerprint density at radius 1 is 1.67 bits per heavy atom. The molecule has 4 heteroatoms. The van der Waals surface area contributed by atoms with Crippen molar-refractivity contribution in [2.45, 2.75) is 0 Å². The van der Waals surface area contributed by atoms with E-state index in [0.29, 0.717) is 0 Å². The van der Waals surface area contributed by atoms with Crippen molar-refractivity contribution < 1.29 is 19.7 Å². The predicted octanol–water partition coefficient (Wildman–Crippen LogP) is -0.406. The fourth-order valence-electron chi connectivity index (χ4n) is 0.227. The highest BCUT2D eigenvalue weighted by atomic mass is 16.5. The third-order valence-electron chi connectivity index (χ3n) is 0.516. The van der Waals surface area contributed by atoms with Gasteiger partial charge in [-0.3, -0.25) is 0 Å². The molecular formula is C5H8O4. The van der Waals surface area contributed by atoms with Crippen LogP contribution in [-0.4, -0.2) is 29.4 Å². The first kappa shape index (κ1) is 7.97. The molecule has 0 heterocycles. The first-order valence-corrected chi connectivity index (χ1v) is 2.39. The van der Waals surface area contributed by atoms with Crippen LogP contribution in [0.4, 0.5) is 0 Å². The molecule has 4 nitrogen and oxygen atoms in total. The lowest BCUT2D eigenvalue weighted by atomic mass is 10.6. The van der Waals surface area contributed by atoms with Gasteiger partial charge in [0, 0.05) is 0 Å². The number of rotatable bonds is 4. The maximum absolute atomic E-state index is 9.73. The molecule has 0 aromatic carbocycles. The number of aliphatic carboxylic acids is 1. The number of carboxylic acid groups (broad SMARTS) is 1. The van der Waals surface area contributed by atoms with E-state index < -0.39 is 5.97 Å². The first-order valence-electron chi connectivity index (χ1n) is 2.39. The predicted molar refractivity (Wildman–Crippen MR) is 29.8 cm³/mol. The van der Waals surface area contributed by atoms with Crippen LogP contribution in [0, 0.1) is 0 Å². The second kappa shape index (κ2) is 5.11. The van der Waals surface area contributed by atoms with E-state index in [-0.39, 0.29) is 13.2 Å². The highest BCUT2D eigenvalue weighted by Gasteiger charge is 1.83. The maximum Gasteiger partial charge on any atom is 0.331 e. The maximum atomic E-state index is 9.73. The summed E-state index contributed by atoms with van der Waals surface area (Å²) in [6, 6.07) is 0. The molecule has 0 aliphatic carbocycles. The van der Waals surface area contributed by atoms with Crippen molar-refractivity contribution in [3.63, 3.8) is 0 Å². The van der Waals surface area contributed by atoms with Crippen LogP contribution in [0.15, 0.2) is 12.3 Å². The zero-order chi connectivity index (χ0) is 7.11. The average Bonchev–Trinajstić information content (AvgIpc) is 1.80. The second-order valence-corrected chi connectivity index (χ2v) is 1.24. The summed E-state index contributed by atoms with van der Waals surface area (Å²) >= 11 is 0. The number of hydrogen-bond donors (Lipinski definition) is 2. The first-order chi connectivity index (χ1) is 4.27. The van der Waals surface area contributed by atoms with Crippen molar-refractivity contribution in [2.75, 3.05) is 13.2 Å². The summed E-state index contributed by atoms with van der Waals surface area (Å²) in [7, 11) is 0. The van der Waals surface area contributed by atoms with Gasteiger partial charge in [0.25, 0.3) is 0 Å². The van der Waals surface area contributed by atoms with E-state index in [9.17, 15) is 4.79 Å². The fraction of sp³-hybridized carbons (Fsp3) is 0.400. The van der Waals surface area contributed by atoms with Crippen LogP contribution in [0.25, 0.3) is 0 Å². The van der Waals surface area contributed by atoms with Crippen molar-refractivity contribution in [3.8, 4) is 0 Å². The normalized spacial score (nSPS) is 9.89. The van der Waals surface area contributed by atoms with Crippen LogP contribution in [0.5, 0.6) is 0 Å². The van der Waals surface area contributed by atoms with Gasteiger partial charge in [-0.05, 0) is 0 Å². The molecule has 0 aliphatic heterocycles. The molecule has 0 fully saturated rings. The van der Waals surface area contributed by atoms with Crippen LogP contribution in [0.3, 0.4) is 0 Å². The Kier molecular flexibility index (Phi) is 4.53. The molecule has 0 aliphatic rings. The number of ether oxygens (including phenoxy) is 1. The number of carbonyl (C=O) groups is 1. The molecule has 0 saturated heterocycles. The summed E-state index contributed by atoms with van der Waals surface area (Å²) in [6.07, 6.45) is 1.88. The van der Waals surface area contributed by atoms with Crippen LogP contribution >= 0.6 is 0 Å². The molecule has 0 radical (unpaired) electrons. The highest BCUT2D eigenvalue weighted by molar-refractivity contribution is 5.79. The number of aliphatic hydroxyl groups excluding tert-OH is 1. The third-order valence-corrected chi connectivity index (χ3v) is 0.516. The minimum Gasteiger partial charge on any atom is -0.499 e. The van der Waals surface area contributed by atoms with Gasteiger partial charge < -0.3 is 14.9 Å². The Labute approximate surface area is 52.4 Å². The van der Waals surface area contributed by atoms with Gasteiger partial charge in [-0.1, -0.05) is 0 Å². The molecule has 0 bridgehead atoms. The number of hydrogen-bond acceptors (Lipinski definition) is 3. The van der Waals surface area contributed by atoms with Crippen molar-refractivity contribution in [1.82, 2.24) is 0 Å². The standard InChI is InChI=1S/C5H8O4/c6-2-4-9-3-1-5(7)8/h1,3,6H,2,4H2,(H,7,8). The monoisotopic (exact) mass is 132 g/mol. The largest absolute Gasteiger partial charge is 0.499 e. The molecule has 0 amide bonds. The Balaban J connectivity index is 3.15. The molecule has 0 spiro atoms. The van der Waals surface area contributed by atoms with Gasteiger partial charge in [-0.25, -0.2) is 4.79 Å². The quantitative estimate of drug-likeness (QED) is 0.310. The Hall–Kier alpha value is -1.03. The van der Waals surface area contributed by atoms with Gasteiger partial charge in [0.1, 0.15) is 6.61 Å². The SMILES string of the molecule is O=C(O)C=COCCO. The van der Waals surface area contributed by atoms with Crippen molar-refractivity contribution in [2.24, 2.45) is 0 Å². The van der Waals surface area contributed by atoms with Gasteiger partial charge in [0.05, 0.1) is 18.9 Å². The van der Waals surface area contributed by atoms with E-state index in [1.807, 2.05) is 0 Å². The molecule has 0 rings (SSSR count). The second-order valence-electron chi connectivity index (χ2n) is 1.24. The molecule has 0 aromatic heterocycles. The Morgan fingerprint density at radius 3 is 2.78 bits per heavy atom. The summed E-state index contributed by atoms with van der Waals surface area (Å²) in [5.41, 5.74) is 0. The summed E-state index contributed by atoms with van der Waals surface area (Å²) in [6.45, 7) is 0.0216. The highest BCUT2D eigenvalue weighted by Crippen LogP contribution is 1.75. The lowest BCUT2D eigenvalue weighted by Gasteiger charge is -1.91. The van der Waals surface area contributed by atoms with Crippen molar-refractivity contribution in [1.29, 1.82) is 0 Å². The average molecular weight is 132 g/mol. The Morgan fingerprint density at radius 2 is 2.33 bits per heavy atom. The molecule has 0 aromatic rings. The van der Waals surface area contributed by atoms with E-state index in [4.69, 9.17) is 10.2 Å². The molecule has 0 saturated carbocycles. The van der Waals surface area contributed by atoms with E-state index >= 15 is 0 Å². The number of aliphatic hydroxyl groups is 1. The molecule has 52 valence electrons. The molecule has 9 heavy (non-hydrogen) atoms. The molecule has 0 unspecified atom stereocenters. The summed E-state index contributed by atoms with van der Waals surface area (Å²) in [5, 5.41) is 16.1. The van der Waals surface area contributed by atoms with Crippen LogP contribution in [0.2, 0.25) is 0 Å². The Bertz CT molecular complexity index is 108. The van der Waals surface area contributed by atoms with Gasteiger partial charge in [0.2, 0.25) is 0 Å². The van der Waals surface area contributed by atoms with E-state index in [1.54, 1.807) is 0 Å². The minimum atomic E-state index is -1.06. The lowest BCUT2D eigenvalue weighted by molar-refractivity contribution is -0.131. The van der Waals surface area contributed by atoms with E-state index in [1.165, 1.54) is 0 Å². The van der Waals surface area contributed by atoms with E-state index in [0.717, 1.165) is 12.3 Å². The van der Waals surface area contributed by atoms with Gasteiger partial charge >= 0.3 is 5.97 Å². The van der Waals surface area contributed by atoms with Crippen molar-refractivity contribution in [3.05, 3.63) is 12.3 Å². The summed E-state index contributed by atoms with van der Waals surface area (Å²) in [5.74, 6) is -1.06. The van der Waals surface area contributed by atoms with Gasteiger partial charge in [-0.2, -0.15) is 0 Å². The van der Waals surface area contributed by atoms with E-state index in [2.05, 4.69) is 4.74 Å². The van der Waals surface area contributed by atoms with Gasteiger partial charge in [-0.15, -0.1) is 0 Å². The number of carboxylic acids is 1. The smallest absolute Gasteiger partial charge is 0.331 e. The van der Waals surface area contributed by atoms with Gasteiger partial charge in [0.15, 0.2) is 0 Å². The van der Waals surface area contributed by atoms with Crippen molar-refractivity contribution >= 4 is 5.97 Å². The van der Waals surface area contributed by atoms with Crippen LogP contribution < -0.4 is 0 Å². The molecular weight excluding hydrogens is 124 g/mol. The van der Waals surface area contributed by atoms with Crippen LogP contribution in [0.1, 0.15) is 0 Å². The lowest BCUT2D eigenvalue weighted by Crippen LogP contribution is -1.94. The topological polar surface area (TPSA) is 66.8 Å². The third kappa shape index (κ3) is 6.97. The molecule has 0 atom stereocenters. The zero-order valence-corrected chi connectivity index (χ0v) is 4.78. The zero-order valence-electron chi connectivity index (χ0n) is 4.78. The van der Waals surface area contributed by atoms with Crippen LogP contribution in [-0.2, 0) is 9.53 Å². The fourth-order valence-corrected chi connectivity index (χ4v) is 0.227. The summed E-state index contributed by atoms with van der Waals surface area (Å²) in [4.78, 5) is 9.73. The minimum absolute atomic E-state index is 0.107. The summed E-state index contributed by atoms with van der Waals surface area (Å²) < 4.78 is 4.48. The molecule has 2 N–H and O–H groups in total.